The van der Waals surface area contributed by atoms with E-state index in [0.29, 0.717) is 18.0 Å². The third-order valence-corrected chi connectivity index (χ3v) is 3.84. The van der Waals surface area contributed by atoms with E-state index in [9.17, 15) is 0 Å². The molecule has 2 rings (SSSR count). The van der Waals surface area contributed by atoms with Crippen LogP contribution in [-0.4, -0.2) is 73.5 Å². The molecule has 0 radical (unpaired) electrons. The summed E-state index contributed by atoms with van der Waals surface area (Å²) in [6.45, 7) is 2.81. The number of likely N-dealkylation sites (N-methyl/N-ethyl adjacent to an activating group) is 2. The molecule has 6 nitrogen and oxygen atoms in total. The zero-order valence-electron chi connectivity index (χ0n) is 12.7. The lowest BCUT2D eigenvalue weighted by molar-refractivity contribution is 0.111. The van der Waals surface area contributed by atoms with Crippen molar-refractivity contribution in [3.8, 4) is 5.88 Å². The molecule has 1 aromatic rings. The van der Waals surface area contributed by atoms with Crippen molar-refractivity contribution < 1.29 is 9.47 Å². The Hall–Kier alpha value is -1.24. The number of rotatable bonds is 6. The van der Waals surface area contributed by atoms with Crippen molar-refractivity contribution in [2.45, 2.75) is 25.1 Å². The number of hydrogen-bond acceptors (Lipinski definition) is 6. The van der Waals surface area contributed by atoms with Crippen molar-refractivity contribution >= 4 is 0 Å². The third kappa shape index (κ3) is 3.88. The van der Waals surface area contributed by atoms with E-state index in [2.05, 4.69) is 34.1 Å². The molecule has 0 spiro atoms. The molecule has 1 aliphatic heterocycles. The number of methoxy groups -OCH3 is 2. The van der Waals surface area contributed by atoms with Gasteiger partial charge in [0.1, 0.15) is 0 Å². The van der Waals surface area contributed by atoms with Gasteiger partial charge in [-0.3, -0.25) is 9.80 Å². The van der Waals surface area contributed by atoms with Gasteiger partial charge in [0.15, 0.2) is 0 Å². The van der Waals surface area contributed by atoms with E-state index >= 15 is 0 Å². The van der Waals surface area contributed by atoms with Gasteiger partial charge in [0.2, 0.25) is 5.88 Å². The molecule has 1 aliphatic rings. The van der Waals surface area contributed by atoms with Crippen molar-refractivity contribution in [2.75, 3.05) is 41.4 Å². The lowest BCUT2D eigenvalue weighted by Gasteiger charge is -2.25. The van der Waals surface area contributed by atoms with Gasteiger partial charge in [-0.2, -0.15) is 5.10 Å². The Balaban J connectivity index is 1.84. The Labute approximate surface area is 120 Å². The molecule has 6 heteroatoms. The largest absolute Gasteiger partial charge is 0.480 e. The predicted molar refractivity (Wildman–Crippen MR) is 76.8 cm³/mol. The number of likely N-dealkylation sites (tertiary alicyclic amines) is 1. The summed E-state index contributed by atoms with van der Waals surface area (Å²) in [5, 5.41) is 8.15. The van der Waals surface area contributed by atoms with Crippen LogP contribution in [0.1, 0.15) is 12.1 Å². The van der Waals surface area contributed by atoms with Crippen molar-refractivity contribution in [1.82, 2.24) is 20.0 Å². The standard InChI is InChI=1S/C14H24N4O2/c1-17(8-11-5-6-14(20-4)16-15-11)9-12-7-13(19-3)10-18(12)2/h5-6,12-13H,7-10H2,1-4H3/t12-,13-/m0/s1. The Morgan fingerprint density at radius 3 is 2.70 bits per heavy atom. The van der Waals surface area contributed by atoms with E-state index in [1.54, 1.807) is 14.2 Å². The lowest BCUT2D eigenvalue weighted by atomic mass is 10.2. The molecule has 20 heavy (non-hydrogen) atoms. The molecule has 1 aromatic heterocycles. The summed E-state index contributed by atoms with van der Waals surface area (Å²) < 4.78 is 10.5. The van der Waals surface area contributed by atoms with Gasteiger partial charge in [0.05, 0.1) is 18.9 Å². The summed E-state index contributed by atoms with van der Waals surface area (Å²) in [5.74, 6) is 0.551. The van der Waals surface area contributed by atoms with E-state index in [-0.39, 0.29) is 0 Å². The number of aromatic nitrogens is 2. The number of ether oxygens (including phenoxy) is 2. The topological polar surface area (TPSA) is 50.7 Å². The fourth-order valence-corrected chi connectivity index (χ4v) is 2.65. The highest BCUT2D eigenvalue weighted by molar-refractivity contribution is 5.11. The highest BCUT2D eigenvalue weighted by Crippen LogP contribution is 2.19. The lowest BCUT2D eigenvalue weighted by Crippen LogP contribution is -2.36. The fourth-order valence-electron chi connectivity index (χ4n) is 2.65. The van der Waals surface area contributed by atoms with Crippen LogP contribution < -0.4 is 4.74 Å². The second-order valence-electron chi connectivity index (χ2n) is 5.45. The van der Waals surface area contributed by atoms with Gasteiger partial charge in [0, 0.05) is 38.9 Å². The molecule has 0 unspecified atom stereocenters. The molecule has 0 aliphatic carbocycles. The minimum atomic E-state index is 0.360. The van der Waals surface area contributed by atoms with Crippen LogP contribution in [0.2, 0.25) is 0 Å². The molecular weight excluding hydrogens is 256 g/mol. The Kier molecular flexibility index (Phi) is 5.28. The van der Waals surface area contributed by atoms with Gasteiger partial charge in [-0.15, -0.1) is 5.10 Å². The second-order valence-corrected chi connectivity index (χ2v) is 5.45. The smallest absolute Gasteiger partial charge is 0.233 e. The summed E-state index contributed by atoms with van der Waals surface area (Å²) in [7, 11) is 7.65. The Morgan fingerprint density at radius 1 is 1.35 bits per heavy atom. The maximum absolute atomic E-state index is 5.44. The molecule has 0 amide bonds. The summed E-state index contributed by atoms with van der Waals surface area (Å²) in [4.78, 5) is 4.64. The predicted octanol–water partition coefficient (Wildman–Crippen LogP) is 0.636. The monoisotopic (exact) mass is 280 g/mol. The SMILES string of the molecule is COc1ccc(CN(C)C[C@@H]2C[C@H](OC)CN2C)nn1. The van der Waals surface area contributed by atoms with Crippen LogP contribution in [0.4, 0.5) is 0 Å². The zero-order valence-corrected chi connectivity index (χ0v) is 12.7. The zero-order chi connectivity index (χ0) is 14.5. The average molecular weight is 280 g/mol. The first-order chi connectivity index (χ1) is 9.62. The normalized spacial score (nSPS) is 23.4. The first-order valence-corrected chi connectivity index (χ1v) is 6.90. The minimum absolute atomic E-state index is 0.360. The fraction of sp³-hybridized carbons (Fsp3) is 0.714. The second kappa shape index (κ2) is 6.97. The maximum Gasteiger partial charge on any atom is 0.233 e. The van der Waals surface area contributed by atoms with Gasteiger partial charge >= 0.3 is 0 Å². The third-order valence-electron chi connectivity index (χ3n) is 3.84. The highest BCUT2D eigenvalue weighted by Gasteiger charge is 2.29. The van der Waals surface area contributed by atoms with Crippen LogP contribution in [0.3, 0.4) is 0 Å². The van der Waals surface area contributed by atoms with Gasteiger partial charge in [0.25, 0.3) is 0 Å². The minimum Gasteiger partial charge on any atom is -0.480 e. The van der Waals surface area contributed by atoms with Crippen LogP contribution in [0, 0.1) is 0 Å². The van der Waals surface area contributed by atoms with Crippen molar-refractivity contribution in [2.24, 2.45) is 0 Å². The van der Waals surface area contributed by atoms with Crippen LogP contribution in [-0.2, 0) is 11.3 Å². The molecule has 0 N–H and O–H groups in total. The number of hydrogen-bond donors (Lipinski definition) is 0. The summed E-state index contributed by atoms with van der Waals surface area (Å²) in [6.07, 6.45) is 1.45. The van der Waals surface area contributed by atoms with Gasteiger partial charge in [-0.05, 0) is 26.6 Å². The van der Waals surface area contributed by atoms with Crippen LogP contribution >= 0.6 is 0 Å². The molecule has 0 aromatic carbocycles. The Bertz CT molecular complexity index is 412. The summed E-state index contributed by atoms with van der Waals surface area (Å²) >= 11 is 0. The van der Waals surface area contributed by atoms with Gasteiger partial charge in [-0.1, -0.05) is 0 Å². The van der Waals surface area contributed by atoms with Gasteiger partial charge < -0.3 is 9.47 Å². The van der Waals surface area contributed by atoms with Crippen molar-refractivity contribution in [3.63, 3.8) is 0 Å². The average Bonchev–Trinajstić information content (AvgIpc) is 2.80. The molecule has 1 saturated heterocycles. The van der Waals surface area contributed by atoms with E-state index in [0.717, 1.165) is 31.7 Å². The number of nitrogens with zero attached hydrogens (tertiary/aromatic N) is 4. The first-order valence-electron chi connectivity index (χ1n) is 6.90. The molecule has 0 bridgehead atoms. The first kappa shape index (κ1) is 15.2. The molecule has 2 atom stereocenters. The Morgan fingerprint density at radius 2 is 2.15 bits per heavy atom. The highest BCUT2D eigenvalue weighted by atomic mass is 16.5. The quantitative estimate of drug-likeness (QED) is 0.762. The molecule has 0 saturated carbocycles. The van der Waals surface area contributed by atoms with E-state index in [1.165, 1.54) is 0 Å². The van der Waals surface area contributed by atoms with Gasteiger partial charge in [-0.25, -0.2) is 0 Å². The summed E-state index contributed by atoms with van der Waals surface area (Å²) in [5.41, 5.74) is 0.956. The van der Waals surface area contributed by atoms with E-state index < -0.39 is 0 Å². The van der Waals surface area contributed by atoms with Crippen LogP contribution in [0.15, 0.2) is 12.1 Å². The molecule has 1 fully saturated rings. The van der Waals surface area contributed by atoms with Crippen molar-refractivity contribution in [3.05, 3.63) is 17.8 Å². The molecule has 112 valence electrons. The van der Waals surface area contributed by atoms with Crippen LogP contribution in [0.25, 0.3) is 0 Å². The molecular formula is C14H24N4O2. The van der Waals surface area contributed by atoms with E-state index in [1.807, 2.05) is 12.1 Å². The molecule has 2 heterocycles. The van der Waals surface area contributed by atoms with E-state index in [4.69, 9.17) is 9.47 Å². The van der Waals surface area contributed by atoms with Crippen molar-refractivity contribution in [1.29, 1.82) is 0 Å². The maximum atomic E-state index is 5.44. The van der Waals surface area contributed by atoms with Crippen LogP contribution in [0.5, 0.6) is 5.88 Å². The summed E-state index contributed by atoms with van der Waals surface area (Å²) in [6, 6.07) is 4.34.